The van der Waals surface area contributed by atoms with Crippen molar-refractivity contribution in [2.45, 2.75) is 38.5 Å². The molecule has 0 radical (unpaired) electrons. The van der Waals surface area contributed by atoms with Crippen molar-refractivity contribution in [2.24, 2.45) is 0 Å². The minimum atomic E-state index is -4.70. The van der Waals surface area contributed by atoms with E-state index in [1.165, 1.54) is 22.0 Å². The van der Waals surface area contributed by atoms with E-state index in [-0.39, 0.29) is 0 Å². The molecule has 0 saturated carbocycles. The van der Waals surface area contributed by atoms with Gasteiger partial charge in [0.15, 0.2) is 5.96 Å². The van der Waals surface area contributed by atoms with E-state index in [1.807, 2.05) is 0 Å². The highest BCUT2D eigenvalue weighted by Crippen LogP contribution is 2.42. The van der Waals surface area contributed by atoms with Crippen molar-refractivity contribution in [3.05, 3.63) is 40.4 Å². The zero-order chi connectivity index (χ0) is 24.1. The first kappa shape index (κ1) is 26.2. The monoisotopic (exact) mass is 527 g/mol. The highest BCUT2D eigenvalue weighted by molar-refractivity contribution is 9.10. The lowest BCUT2D eigenvalue weighted by molar-refractivity contribution is -0.219. The average Bonchev–Trinajstić information content (AvgIpc) is 3.02. The maximum atomic E-state index is 11.1. The Morgan fingerprint density at radius 3 is 2.28 bits per heavy atom. The Morgan fingerprint density at radius 1 is 1.09 bits per heavy atom. The molecule has 1 atom stereocenters. The van der Waals surface area contributed by atoms with Gasteiger partial charge in [-0.05, 0) is 34.9 Å². The summed E-state index contributed by atoms with van der Waals surface area (Å²) >= 11 is 3.64. The molecule has 4 nitrogen and oxygen atoms in total. The summed E-state index contributed by atoms with van der Waals surface area (Å²) in [5.41, 5.74) is 2.53. The number of halogens is 7. The van der Waals surface area contributed by atoms with E-state index in [1.54, 1.807) is 0 Å². The summed E-state index contributed by atoms with van der Waals surface area (Å²) in [5, 5.41) is 14.0. The minimum absolute atomic E-state index is 0.432. The number of fused-ring (bicyclic) bond motifs is 3. The van der Waals surface area contributed by atoms with Crippen LogP contribution in [0.5, 0.6) is 0 Å². The van der Waals surface area contributed by atoms with Crippen LogP contribution in [0.15, 0.2) is 34.8 Å². The number of nitrogens with one attached hydrogen (secondary N) is 2. The number of hydrogen-bond donors (Lipinski definition) is 2. The third-order valence-electron chi connectivity index (χ3n) is 4.61. The number of benzene rings is 2. The molecular weight excluding hydrogens is 504 g/mol. The predicted molar refractivity (Wildman–Crippen MR) is 116 cm³/mol. The Balaban J connectivity index is 0.000000282. The SMILES string of the molecule is CCCNC(=N)N1CC(C)c2c1ccc1c(Br)cccc21.FC(F)(F)COCC(F)(F)F. The quantitative estimate of drug-likeness (QED) is 0.268. The minimum Gasteiger partial charge on any atom is -0.363 e. The predicted octanol–water partition coefficient (Wildman–Crippen LogP) is 6.59. The molecular formula is C21H24BrF6N3O. The molecule has 1 aliphatic heterocycles. The second kappa shape index (κ2) is 10.7. The van der Waals surface area contributed by atoms with Crippen molar-refractivity contribution in [3.63, 3.8) is 0 Å². The molecule has 2 aromatic carbocycles. The van der Waals surface area contributed by atoms with Gasteiger partial charge in [0.25, 0.3) is 0 Å². The summed E-state index contributed by atoms with van der Waals surface area (Å²) < 4.78 is 71.3. The Morgan fingerprint density at radius 2 is 1.72 bits per heavy atom. The van der Waals surface area contributed by atoms with E-state index in [2.05, 4.69) is 75.1 Å². The zero-order valence-electron chi connectivity index (χ0n) is 17.5. The van der Waals surface area contributed by atoms with Crippen molar-refractivity contribution in [3.8, 4) is 0 Å². The van der Waals surface area contributed by atoms with Crippen molar-refractivity contribution < 1.29 is 31.1 Å². The van der Waals surface area contributed by atoms with Crippen molar-refractivity contribution in [2.75, 3.05) is 31.2 Å². The van der Waals surface area contributed by atoms with Gasteiger partial charge in [0.2, 0.25) is 0 Å². The first-order valence-corrected chi connectivity index (χ1v) is 10.7. The van der Waals surface area contributed by atoms with Crippen LogP contribution >= 0.6 is 15.9 Å². The second-order valence-electron chi connectivity index (χ2n) is 7.34. The van der Waals surface area contributed by atoms with Crippen LogP contribution in [-0.2, 0) is 4.74 Å². The molecule has 0 aliphatic carbocycles. The second-order valence-corrected chi connectivity index (χ2v) is 8.20. The van der Waals surface area contributed by atoms with E-state index in [9.17, 15) is 26.3 Å². The van der Waals surface area contributed by atoms with Gasteiger partial charge in [-0.25, -0.2) is 0 Å². The molecule has 1 unspecified atom stereocenters. The lowest BCUT2D eigenvalue weighted by Crippen LogP contribution is -2.40. The Bertz CT molecular complexity index is 918. The number of ether oxygens (including phenoxy) is 1. The van der Waals surface area contributed by atoms with Gasteiger partial charge >= 0.3 is 12.4 Å². The van der Waals surface area contributed by atoms with Crippen LogP contribution in [-0.4, -0.2) is 44.6 Å². The fraction of sp³-hybridized carbons (Fsp3) is 0.476. The molecule has 0 spiro atoms. The van der Waals surface area contributed by atoms with E-state index in [0.717, 1.165) is 24.0 Å². The Kier molecular flexibility index (Phi) is 8.81. The zero-order valence-corrected chi connectivity index (χ0v) is 19.1. The molecule has 0 fully saturated rings. The third kappa shape index (κ3) is 7.26. The fourth-order valence-corrected chi connectivity index (χ4v) is 3.88. The summed E-state index contributed by atoms with van der Waals surface area (Å²) in [7, 11) is 0. The first-order valence-electron chi connectivity index (χ1n) is 9.86. The van der Waals surface area contributed by atoms with Gasteiger partial charge in [-0.1, -0.05) is 48.0 Å². The first-order chi connectivity index (χ1) is 14.8. The number of rotatable bonds is 4. The molecule has 1 aliphatic rings. The van der Waals surface area contributed by atoms with Crippen LogP contribution in [0.1, 0.15) is 31.7 Å². The summed E-state index contributed by atoms with van der Waals surface area (Å²) in [4.78, 5) is 2.09. The van der Waals surface area contributed by atoms with Gasteiger partial charge in [0, 0.05) is 29.2 Å². The molecule has 0 amide bonds. The summed E-state index contributed by atoms with van der Waals surface area (Å²) in [6.07, 6.45) is -8.38. The summed E-state index contributed by atoms with van der Waals surface area (Å²) in [6.45, 7) is 2.34. The molecule has 0 saturated heterocycles. The number of guanidine groups is 1. The third-order valence-corrected chi connectivity index (χ3v) is 5.30. The molecule has 32 heavy (non-hydrogen) atoms. The van der Waals surface area contributed by atoms with Gasteiger partial charge in [-0.2, -0.15) is 26.3 Å². The number of hydrogen-bond acceptors (Lipinski definition) is 2. The van der Waals surface area contributed by atoms with Crippen LogP contribution in [0, 0.1) is 5.41 Å². The van der Waals surface area contributed by atoms with Gasteiger partial charge in [-0.3, -0.25) is 5.41 Å². The Labute approximate surface area is 190 Å². The standard InChI is InChI=1S/C17H20BrN3.C4H4F6O/c1-3-9-20-17(19)21-10-11(2)16-13-5-4-6-14(18)12(13)7-8-15(16)21;5-3(6,7)1-11-2-4(8,9)10/h4-8,11H,3,9-10H2,1-2H3,(H2,19,20);1-2H2. The largest absolute Gasteiger partial charge is 0.411 e. The lowest BCUT2D eigenvalue weighted by atomic mass is 9.96. The highest BCUT2D eigenvalue weighted by atomic mass is 79.9. The van der Waals surface area contributed by atoms with Gasteiger partial charge < -0.3 is 15.0 Å². The smallest absolute Gasteiger partial charge is 0.363 e. The molecule has 1 heterocycles. The molecule has 2 aromatic rings. The average molecular weight is 528 g/mol. The summed E-state index contributed by atoms with van der Waals surface area (Å²) in [5.74, 6) is 0.943. The van der Waals surface area contributed by atoms with Crippen molar-refractivity contribution in [1.82, 2.24) is 5.32 Å². The maximum absolute atomic E-state index is 11.1. The van der Waals surface area contributed by atoms with Gasteiger partial charge in [0.1, 0.15) is 13.2 Å². The number of alkyl halides is 6. The van der Waals surface area contributed by atoms with E-state index >= 15 is 0 Å². The van der Waals surface area contributed by atoms with Crippen LogP contribution < -0.4 is 10.2 Å². The van der Waals surface area contributed by atoms with Crippen molar-refractivity contribution in [1.29, 1.82) is 5.41 Å². The van der Waals surface area contributed by atoms with E-state index in [0.29, 0.717) is 11.9 Å². The molecule has 2 N–H and O–H groups in total. The molecule has 178 valence electrons. The van der Waals surface area contributed by atoms with Crippen LogP contribution in [0.25, 0.3) is 10.8 Å². The van der Waals surface area contributed by atoms with E-state index < -0.39 is 25.6 Å². The Hall–Kier alpha value is -2.01. The van der Waals surface area contributed by atoms with Crippen LogP contribution in [0.3, 0.4) is 0 Å². The molecule has 3 rings (SSSR count). The topological polar surface area (TPSA) is 48.4 Å². The molecule has 0 aromatic heterocycles. The maximum Gasteiger partial charge on any atom is 0.411 e. The number of anilines is 1. The summed E-state index contributed by atoms with van der Waals surface area (Å²) in [6, 6.07) is 10.6. The van der Waals surface area contributed by atoms with Gasteiger partial charge in [-0.15, -0.1) is 0 Å². The molecule has 11 heteroatoms. The van der Waals surface area contributed by atoms with Crippen LogP contribution in [0.4, 0.5) is 32.0 Å². The fourth-order valence-electron chi connectivity index (χ4n) is 3.38. The van der Waals surface area contributed by atoms with Crippen LogP contribution in [0.2, 0.25) is 0 Å². The molecule has 0 bridgehead atoms. The normalized spacial score (nSPS) is 15.9. The van der Waals surface area contributed by atoms with E-state index in [4.69, 9.17) is 5.41 Å². The number of nitrogens with zero attached hydrogens (tertiary/aromatic N) is 1. The van der Waals surface area contributed by atoms with Crippen molar-refractivity contribution >= 4 is 38.3 Å². The lowest BCUT2D eigenvalue weighted by Gasteiger charge is -2.21. The highest BCUT2D eigenvalue weighted by Gasteiger charge is 2.33. The van der Waals surface area contributed by atoms with Gasteiger partial charge in [0.05, 0.1) is 0 Å².